The highest BCUT2D eigenvalue weighted by molar-refractivity contribution is 7.90. The van der Waals surface area contributed by atoms with E-state index >= 15 is 0 Å². The molecule has 0 radical (unpaired) electrons. The molecule has 8 nitrogen and oxygen atoms in total. The molecular formula is C20H14N2O6S. The number of hydrogen-bond acceptors (Lipinski definition) is 6. The first-order chi connectivity index (χ1) is 13.8. The van der Waals surface area contributed by atoms with E-state index in [0.29, 0.717) is 19.5 Å². The van der Waals surface area contributed by atoms with Crippen molar-refractivity contribution in [3.8, 4) is 0 Å². The van der Waals surface area contributed by atoms with Gasteiger partial charge in [0.05, 0.1) is 4.90 Å². The molecule has 0 aliphatic heterocycles. The number of benzene rings is 2. The molecule has 4 rings (SSSR count). The Balaban J connectivity index is 1.81. The normalized spacial score (nSPS) is 11.6. The summed E-state index contributed by atoms with van der Waals surface area (Å²) in [5.74, 6) is -0.979. The lowest BCUT2D eigenvalue weighted by molar-refractivity contribution is 0.0952. The minimum atomic E-state index is -4.20. The zero-order valence-corrected chi connectivity index (χ0v) is 15.9. The van der Waals surface area contributed by atoms with Gasteiger partial charge in [-0.2, -0.15) is 3.97 Å². The number of hydrogen-bond donors (Lipinski definition) is 0. The molecule has 29 heavy (non-hydrogen) atoms. The number of aromatic nitrogens is 2. The molecule has 4 aromatic rings. The highest BCUT2D eigenvalue weighted by atomic mass is 32.2. The zero-order chi connectivity index (χ0) is 20.8. The van der Waals surface area contributed by atoms with Gasteiger partial charge >= 0.3 is 11.3 Å². The fourth-order valence-electron chi connectivity index (χ4n) is 2.86. The molecule has 0 atom stereocenters. The molecule has 2 heterocycles. The predicted molar refractivity (Wildman–Crippen MR) is 105 cm³/mol. The quantitative estimate of drug-likeness (QED) is 0.478. The second-order valence-corrected chi connectivity index (χ2v) is 8.17. The molecule has 0 saturated heterocycles. The third-order valence-corrected chi connectivity index (χ3v) is 6.08. The van der Waals surface area contributed by atoms with Gasteiger partial charge in [-0.05, 0) is 31.2 Å². The minimum Gasteiger partial charge on any atom is -0.422 e. The minimum absolute atomic E-state index is 0.0966. The molecule has 2 aromatic carbocycles. The Morgan fingerprint density at radius 3 is 2.38 bits per heavy atom. The molecule has 0 aliphatic rings. The summed E-state index contributed by atoms with van der Waals surface area (Å²) in [5.41, 5.74) is -1.26. The Kier molecular flexibility index (Phi) is 4.31. The maximum absolute atomic E-state index is 12.7. The van der Waals surface area contributed by atoms with Crippen molar-refractivity contribution in [2.75, 3.05) is 0 Å². The van der Waals surface area contributed by atoms with Crippen molar-refractivity contribution >= 4 is 26.9 Å². The van der Waals surface area contributed by atoms with Crippen molar-refractivity contribution < 1.29 is 17.6 Å². The molecule has 0 bridgehead atoms. The molecule has 0 fully saturated rings. The van der Waals surface area contributed by atoms with E-state index in [-0.39, 0.29) is 10.5 Å². The van der Waals surface area contributed by atoms with E-state index < -0.39 is 27.2 Å². The van der Waals surface area contributed by atoms with Crippen molar-refractivity contribution in [3.63, 3.8) is 0 Å². The monoisotopic (exact) mass is 410 g/mol. The average Bonchev–Trinajstić information content (AvgIpc) is 3.09. The number of para-hydroxylation sites is 1. The van der Waals surface area contributed by atoms with Crippen molar-refractivity contribution in [1.29, 1.82) is 0 Å². The number of carbonyl (C=O) groups is 1. The Bertz CT molecular complexity index is 1470. The van der Waals surface area contributed by atoms with Gasteiger partial charge in [0.25, 0.3) is 15.9 Å². The molecule has 0 amide bonds. The first-order valence-electron chi connectivity index (χ1n) is 8.49. The highest BCUT2D eigenvalue weighted by Crippen LogP contribution is 2.15. The van der Waals surface area contributed by atoms with Crippen LogP contribution < -0.4 is 11.3 Å². The van der Waals surface area contributed by atoms with Crippen LogP contribution in [0.1, 0.15) is 15.9 Å². The van der Waals surface area contributed by atoms with Gasteiger partial charge in [-0.3, -0.25) is 4.79 Å². The first-order valence-corrected chi connectivity index (χ1v) is 9.93. The van der Waals surface area contributed by atoms with Gasteiger partial charge in [-0.1, -0.05) is 35.9 Å². The summed E-state index contributed by atoms with van der Waals surface area (Å²) in [7, 11) is -4.20. The van der Waals surface area contributed by atoms with E-state index in [2.05, 4.69) is 0 Å². The van der Waals surface area contributed by atoms with Crippen LogP contribution in [0.5, 0.6) is 0 Å². The zero-order valence-electron chi connectivity index (χ0n) is 15.1. The number of carbonyl (C=O) groups excluding carboxylic acids is 1. The maximum atomic E-state index is 12.7. The summed E-state index contributed by atoms with van der Waals surface area (Å²) in [6.45, 7) is 1.80. The van der Waals surface area contributed by atoms with Crippen LogP contribution in [0.2, 0.25) is 0 Å². The molecule has 9 heteroatoms. The average molecular weight is 410 g/mol. The second-order valence-electron chi connectivity index (χ2n) is 6.36. The lowest BCUT2D eigenvalue weighted by Crippen LogP contribution is -2.34. The van der Waals surface area contributed by atoms with Crippen molar-refractivity contribution in [2.45, 2.75) is 11.8 Å². The van der Waals surface area contributed by atoms with Gasteiger partial charge in [0.2, 0.25) is 0 Å². The molecule has 0 spiro atoms. The Morgan fingerprint density at radius 1 is 0.966 bits per heavy atom. The van der Waals surface area contributed by atoms with E-state index in [9.17, 15) is 22.8 Å². The third-order valence-electron chi connectivity index (χ3n) is 4.41. The predicted octanol–water partition coefficient (Wildman–Crippen LogP) is 1.99. The molecule has 0 saturated carbocycles. The number of rotatable bonds is 3. The fourth-order valence-corrected chi connectivity index (χ4v) is 4.08. The van der Waals surface area contributed by atoms with Crippen LogP contribution >= 0.6 is 0 Å². The van der Waals surface area contributed by atoms with Gasteiger partial charge < -0.3 is 4.42 Å². The van der Waals surface area contributed by atoms with E-state index in [1.165, 1.54) is 18.2 Å². The Morgan fingerprint density at radius 2 is 1.66 bits per heavy atom. The lowest BCUT2D eigenvalue weighted by atomic mass is 10.2. The summed E-state index contributed by atoms with van der Waals surface area (Å²) < 4.78 is 31.6. The van der Waals surface area contributed by atoms with Crippen molar-refractivity contribution in [2.24, 2.45) is 0 Å². The van der Waals surface area contributed by atoms with Crippen LogP contribution in [-0.2, 0) is 10.0 Å². The third kappa shape index (κ3) is 3.11. The number of nitrogens with zero attached hydrogens (tertiary/aromatic N) is 2. The number of fused-ring (bicyclic) bond motifs is 1. The lowest BCUT2D eigenvalue weighted by Gasteiger charge is -2.05. The van der Waals surface area contributed by atoms with Crippen molar-refractivity contribution in [3.05, 3.63) is 99.0 Å². The topological polar surface area (TPSA) is 108 Å². The first kappa shape index (κ1) is 18.6. The van der Waals surface area contributed by atoms with Crippen LogP contribution in [0.3, 0.4) is 0 Å². The van der Waals surface area contributed by atoms with Crippen LogP contribution in [0.15, 0.2) is 85.9 Å². The summed E-state index contributed by atoms with van der Waals surface area (Å²) in [5, 5.41) is 0.496. The maximum Gasteiger partial charge on any atom is 0.349 e. The summed E-state index contributed by atoms with van der Waals surface area (Å²) >= 11 is 0. The second kappa shape index (κ2) is 6.71. The molecule has 0 unspecified atom stereocenters. The van der Waals surface area contributed by atoms with E-state index in [0.717, 1.165) is 18.0 Å². The Labute approximate surface area is 164 Å². The largest absolute Gasteiger partial charge is 0.422 e. The van der Waals surface area contributed by atoms with Crippen LogP contribution in [0.25, 0.3) is 11.0 Å². The number of imidazole rings is 1. The van der Waals surface area contributed by atoms with E-state index in [4.69, 9.17) is 4.42 Å². The van der Waals surface area contributed by atoms with Crippen LogP contribution in [0, 0.1) is 6.92 Å². The summed E-state index contributed by atoms with van der Waals surface area (Å²) in [6, 6.07) is 13.8. The van der Waals surface area contributed by atoms with Crippen LogP contribution in [-0.4, -0.2) is 22.9 Å². The molecule has 0 aliphatic carbocycles. The summed E-state index contributed by atoms with van der Waals surface area (Å²) in [4.78, 5) is 37.5. The van der Waals surface area contributed by atoms with E-state index in [1.807, 2.05) is 0 Å². The molecule has 0 N–H and O–H groups in total. The molecular weight excluding hydrogens is 396 g/mol. The van der Waals surface area contributed by atoms with Gasteiger partial charge in [0.15, 0.2) is 0 Å². The Hall–Kier alpha value is -3.72. The van der Waals surface area contributed by atoms with Crippen LogP contribution in [0.4, 0.5) is 0 Å². The van der Waals surface area contributed by atoms with E-state index in [1.54, 1.807) is 43.3 Å². The number of aryl methyl sites for hydroxylation is 1. The van der Waals surface area contributed by atoms with Gasteiger partial charge in [-0.25, -0.2) is 22.6 Å². The van der Waals surface area contributed by atoms with Crippen molar-refractivity contribution in [1.82, 2.24) is 8.54 Å². The standard InChI is InChI=1S/C20H14N2O6S/c1-13-6-8-15(9-7-13)29(26,27)22-11-10-21(20(22)25)18(23)16-12-14-4-2-3-5-17(14)28-19(16)24/h2-12H,1H3. The van der Waals surface area contributed by atoms with Gasteiger partial charge in [0.1, 0.15) is 11.1 Å². The highest BCUT2D eigenvalue weighted by Gasteiger charge is 2.24. The smallest absolute Gasteiger partial charge is 0.349 e. The van der Waals surface area contributed by atoms with Gasteiger partial charge in [0, 0.05) is 17.8 Å². The SMILES string of the molecule is Cc1ccc(S(=O)(=O)n2ccn(C(=O)c3cc4ccccc4oc3=O)c2=O)cc1. The summed E-state index contributed by atoms with van der Waals surface area (Å²) in [6.07, 6.45) is 1.98. The molecule has 146 valence electrons. The molecule has 2 aromatic heterocycles. The van der Waals surface area contributed by atoms with Gasteiger partial charge in [-0.15, -0.1) is 0 Å². The fraction of sp³-hybridized carbons (Fsp3) is 0.0500.